The molecular formula is C12H15BrO2. The van der Waals surface area contributed by atoms with Gasteiger partial charge in [0.15, 0.2) is 0 Å². The number of aliphatic hydroxyl groups excluding tert-OH is 1. The lowest BCUT2D eigenvalue weighted by Gasteiger charge is -2.31. The van der Waals surface area contributed by atoms with Gasteiger partial charge in [-0.3, -0.25) is 0 Å². The molecule has 0 saturated heterocycles. The normalized spacial score (nSPS) is 25.1. The standard InChI is InChI=1S/C12H15BrO2/c1-12(2)6-8(5-9(14)7-12)11-10(13)3-4-15-11/h3-5,9,14H,6-7H2,1-2H3. The van der Waals surface area contributed by atoms with Gasteiger partial charge in [0.1, 0.15) is 5.76 Å². The summed E-state index contributed by atoms with van der Waals surface area (Å²) in [5.74, 6) is 0.849. The number of aliphatic hydroxyl groups is 1. The van der Waals surface area contributed by atoms with Gasteiger partial charge in [-0.2, -0.15) is 0 Å². The van der Waals surface area contributed by atoms with Crippen molar-refractivity contribution in [3.8, 4) is 0 Å². The smallest absolute Gasteiger partial charge is 0.143 e. The number of halogens is 1. The fourth-order valence-electron chi connectivity index (χ4n) is 2.18. The third kappa shape index (κ3) is 2.34. The van der Waals surface area contributed by atoms with E-state index in [4.69, 9.17) is 4.42 Å². The van der Waals surface area contributed by atoms with E-state index in [0.29, 0.717) is 0 Å². The topological polar surface area (TPSA) is 33.4 Å². The van der Waals surface area contributed by atoms with Crippen molar-refractivity contribution < 1.29 is 9.52 Å². The lowest BCUT2D eigenvalue weighted by Crippen LogP contribution is -2.24. The number of allylic oxidation sites excluding steroid dienone is 1. The Morgan fingerprint density at radius 1 is 1.53 bits per heavy atom. The molecule has 1 N–H and O–H groups in total. The number of rotatable bonds is 1. The molecule has 1 aromatic heterocycles. The van der Waals surface area contributed by atoms with Crippen LogP contribution in [0.2, 0.25) is 0 Å². The van der Waals surface area contributed by atoms with Crippen molar-refractivity contribution in [2.75, 3.05) is 0 Å². The van der Waals surface area contributed by atoms with Crippen LogP contribution in [-0.2, 0) is 0 Å². The van der Waals surface area contributed by atoms with Crippen LogP contribution in [0.1, 0.15) is 32.4 Å². The van der Waals surface area contributed by atoms with Crippen LogP contribution in [0.25, 0.3) is 5.57 Å². The van der Waals surface area contributed by atoms with Gasteiger partial charge in [-0.1, -0.05) is 13.8 Å². The highest BCUT2D eigenvalue weighted by atomic mass is 79.9. The van der Waals surface area contributed by atoms with E-state index in [2.05, 4.69) is 29.8 Å². The Labute approximate surface area is 98.1 Å². The minimum Gasteiger partial charge on any atom is -0.463 e. The number of hydrogen-bond acceptors (Lipinski definition) is 2. The SMILES string of the molecule is CC1(C)CC(c2occc2Br)=CC(O)C1. The maximum atomic E-state index is 9.77. The van der Waals surface area contributed by atoms with Crippen LogP contribution in [0.15, 0.2) is 27.3 Å². The zero-order chi connectivity index (χ0) is 11.1. The Bertz CT molecular complexity index is 390. The summed E-state index contributed by atoms with van der Waals surface area (Å²) in [5.41, 5.74) is 1.23. The average molecular weight is 271 g/mol. The zero-order valence-electron chi connectivity index (χ0n) is 8.96. The number of hydrogen-bond donors (Lipinski definition) is 1. The van der Waals surface area contributed by atoms with E-state index in [1.54, 1.807) is 6.26 Å². The summed E-state index contributed by atoms with van der Waals surface area (Å²) >= 11 is 3.44. The minimum atomic E-state index is -0.360. The summed E-state index contributed by atoms with van der Waals surface area (Å²) in [4.78, 5) is 0. The van der Waals surface area contributed by atoms with Gasteiger partial charge in [0.2, 0.25) is 0 Å². The molecule has 0 radical (unpaired) electrons. The molecule has 0 aliphatic heterocycles. The summed E-state index contributed by atoms with van der Waals surface area (Å²) < 4.78 is 6.38. The monoisotopic (exact) mass is 270 g/mol. The highest BCUT2D eigenvalue weighted by Crippen LogP contribution is 2.41. The first kappa shape index (κ1) is 11.0. The number of furan rings is 1. The summed E-state index contributed by atoms with van der Waals surface area (Å²) in [6.45, 7) is 4.33. The van der Waals surface area contributed by atoms with Gasteiger partial charge in [-0.05, 0) is 51.9 Å². The first-order valence-corrected chi connectivity index (χ1v) is 5.89. The van der Waals surface area contributed by atoms with Gasteiger partial charge >= 0.3 is 0 Å². The Morgan fingerprint density at radius 3 is 2.80 bits per heavy atom. The molecule has 1 unspecified atom stereocenters. The van der Waals surface area contributed by atoms with E-state index in [-0.39, 0.29) is 11.5 Å². The molecule has 15 heavy (non-hydrogen) atoms. The largest absolute Gasteiger partial charge is 0.463 e. The molecule has 3 heteroatoms. The van der Waals surface area contributed by atoms with Gasteiger partial charge < -0.3 is 9.52 Å². The molecule has 1 aromatic rings. The Kier molecular flexibility index (Phi) is 2.77. The highest BCUT2D eigenvalue weighted by Gasteiger charge is 2.29. The van der Waals surface area contributed by atoms with Crippen molar-refractivity contribution in [1.82, 2.24) is 0 Å². The van der Waals surface area contributed by atoms with E-state index in [1.807, 2.05) is 12.1 Å². The van der Waals surface area contributed by atoms with E-state index < -0.39 is 0 Å². The van der Waals surface area contributed by atoms with Gasteiger partial charge in [-0.25, -0.2) is 0 Å². The second-order valence-corrected chi connectivity index (χ2v) is 5.76. The Balaban J connectivity index is 2.34. The lowest BCUT2D eigenvalue weighted by atomic mass is 9.75. The quantitative estimate of drug-likeness (QED) is 0.846. The van der Waals surface area contributed by atoms with Gasteiger partial charge in [0, 0.05) is 0 Å². The van der Waals surface area contributed by atoms with Crippen LogP contribution in [0, 0.1) is 5.41 Å². The molecule has 1 atom stereocenters. The summed E-state index contributed by atoms with van der Waals surface area (Å²) in [5, 5.41) is 9.77. The van der Waals surface area contributed by atoms with Gasteiger partial charge in [0.05, 0.1) is 16.8 Å². The lowest BCUT2D eigenvalue weighted by molar-refractivity contribution is 0.145. The predicted octanol–water partition coefficient (Wildman–Crippen LogP) is 3.61. The third-order valence-corrected chi connectivity index (χ3v) is 3.36. The molecule has 0 spiro atoms. The summed E-state index contributed by atoms with van der Waals surface area (Å²) in [6.07, 6.45) is 4.95. The minimum absolute atomic E-state index is 0.135. The van der Waals surface area contributed by atoms with E-state index in [1.165, 1.54) is 0 Å². The van der Waals surface area contributed by atoms with Crippen LogP contribution in [0.4, 0.5) is 0 Å². The van der Waals surface area contributed by atoms with Crippen molar-refractivity contribution in [3.63, 3.8) is 0 Å². The molecule has 2 nitrogen and oxygen atoms in total. The first-order valence-electron chi connectivity index (χ1n) is 5.10. The molecule has 0 fully saturated rings. The van der Waals surface area contributed by atoms with Crippen LogP contribution in [0.3, 0.4) is 0 Å². The predicted molar refractivity (Wildman–Crippen MR) is 63.4 cm³/mol. The maximum Gasteiger partial charge on any atom is 0.143 e. The second-order valence-electron chi connectivity index (χ2n) is 4.90. The van der Waals surface area contributed by atoms with E-state index in [0.717, 1.165) is 28.6 Å². The third-order valence-electron chi connectivity index (χ3n) is 2.73. The van der Waals surface area contributed by atoms with Crippen molar-refractivity contribution in [1.29, 1.82) is 0 Å². The van der Waals surface area contributed by atoms with Gasteiger partial charge in [-0.15, -0.1) is 0 Å². The van der Waals surface area contributed by atoms with Crippen molar-refractivity contribution >= 4 is 21.5 Å². The first-order chi connectivity index (χ1) is 6.98. The van der Waals surface area contributed by atoms with Crippen LogP contribution < -0.4 is 0 Å². The molecule has 1 aliphatic rings. The second kappa shape index (κ2) is 3.80. The maximum absolute atomic E-state index is 9.77. The molecule has 0 aromatic carbocycles. The summed E-state index contributed by atoms with van der Waals surface area (Å²) in [6, 6.07) is 1.88. The molecule has 82 valence electrons. The van der Waals surface area contributed by atoms with E-state index >= 15 is 0 Å². The van der Waals surface area contributed by atoms with Crippen molar-refractivity contribution in [3.05, 3.63) is 28.6 Å². The van der Waals surface area contributed by atoms with E-state index in [9.17, 15) is 5.11 Å². The van der Waals surface area contributed by atoms with Crippen LogP contribution in [0.5, 0.6) is 0 Å². The highest BCUT2D eigenvalue weighted by molar-refractivity contribution is 9.10. The fraction of sp³-hybridized carbons (Fsp3) is 0.500. The Hall–Kier alpha value is -0.540. The Morgan fingerprint density at radius 2 is 2.27 bits per heavy atom. The molecule has 0 bridgehead atoms. The fourth-order valence-corrected chi connectivity index (χ4v) is 2.64. The molecule has 0 amide bonds. The van der Waals surface area contributed by atoms with Crippen molar-refractivity contribution in [2.24, 2.45) is 5.41 Å². The molecule has 1 heterocycles. The molecule has 0 saturated carbocycles. The van der Waals surface area contributed by atoms with Crippen molar-refractivity contribution in [2.45, 2.75) is 32.8 Å². The van der Waals surface area contributed by atoms with Crippen LogP contribution in [-0.4, -0.2) is 11.2 Å². The molecular weight excluding hydrogens is 256 g/mol. The zero-order valence-corrected chi connectivity index (χ0v) is 10.5. The molecule has 1 aliphatic carbocycles. The summed E-state index contributed by atoms with van der Waals surface area (Å²) in [7, 11) is 0. The van der Waals surface area contributed by atoms with Gasteiger partial charge in [0.25, 0.3) is 0 Å². The molecule has 2 rings (SSSR count). The van der Waals surface area contributed by atoms with Crippen LogP contribution >= 0.6 is 15.9 Å². The average Bonchev–Trinajstić information content (AvgIpc) is 2.47.